The van der Waals surface area contributed by atoms with Gasteiger partial charge in [0.2, 0.25) is 5.89 Å². The lowest BCUT2D eigenvalue weighted by Crippen LogP contribution is -2.22. The zero-order valence-electron chi connectivity index (χ0n) is 14.1. The van der Waals surface area contributed by atoms with Crippen LogP contribution in [0.2, 0.25) is 0 Å². The molecular weight excluding hydrogens is 300 g/mol. The maximum Gasteiger partial charge on any atom is 0.226 e. The Kier molecular flexibility index (Phi) is 3.94. The minimum Gasteiger partial charge on any atom is -0.444 e. The highest BCUT2D eigenvalue weighted by Crippen LogP contribution is 2.33. The van der Waals surface area contributed by atoms with Crippen molar-refractivity contribution in [3.8, 4) is 11.5 Å². The summed E-state index contributed by atoms with van der Waals surface area (Å²) in [6.07, 6.45) is 8.26. The summed E-state index contributed by atoms with van der Waals surface area (Å²) < 4.78 is 7.56. The predicted molar refractivity (Wildman–Crippen MR) is 92.3 cm³/mol. The molecule has 1 fully saturated rings. The Balaban J connectivity index is 1.50. The normalized spacial score (nSPS) is 18.3. The van der Waals surface area contributed by atoms with Crippen molar-refractivity contribution >= 4 is 0 Å². The molecule has 5 heteroatoms. The topological polar surface area (TPSA) is 47.1 Å². The van der Waals surface area contributed by atoms with E-state index in [4.69, 9.17) is 4.42 Å². The average molecular weight is 322 g/mol. The Morgan fingerprint density at radius 3 is 2.83 bits per heavy atom. The van der Waals surface area contributed by atoms with Crippen molar-refractivity contribution in [1.82, 2.24) is 19.7 Å². The number of oxazole rings is 1. The molecule has 124 valence electrons. The number of aromatic nitrogens is 3. The van der Waals surface area contributed by atoms with Crippen LogP contribution in [0.25, 0.3) is 11.5 Å². The number of likely N-dealkylation sites (tertiary alicyclic amines) is 1. The van der Waals surface area contributed by atoms with Crippen molar-refractivity contribution in [3.63, 3.8) is 0 Å². The summed E-state index contributed by atoms with van der Waals surface area (Å²) >= 11 is 0. The summed E-state index contributed by atoms with van der Waals surface area (Å²) in [5.41, 5.74) is 4.54. The number of benzene rings is 1. The van der Waals surface area contributed by atoms with Crippen molar-refractivity contribution in [2.24, 2.45) is 7.05 Å². The van der Waals surface area contributed by atoms with Gasteiger partial charge >= 0.3 is 0 Å². The summed E-state index contributed by atoms with van der Waals surface area (Å²) in [5, 5.41) is 4.31. The smallest absolute Gasteiger partial charge is 0.226 e. The van der Waals surface area contributed by atoms with Gasteiger partial charge in [-0.05, 0) is 38.4 Å². The molecule has 3 aromatic rings. The summed E-state index contributed by atoms with van der Waals surface area (Å²) in [6.45, 7) is 3.98. The fourth-order valence-electron chi connectivity index (χ4n) is 3.42. The highest BCUT2D eigenvalue weighted by Gasteiger charge is 2.27. The lowest BCUT2D eigenvalue weighted by molar-refractivity contribution is 0.245. The van der Waals surface area contributed by atoms with E-state index in [1.165, 1.54) is 24.0 Å². The van der Waals surface area contributed by atoms with E-state index in [1.807, 2.05) is 17.9 Å². The number of rotatable bonds is 4. The van der Waals surface area contributed by atoms with Crippen LogP contribution in [0, 0.1) is 6.92 Å². The number of hydrogen-bond donors (Lipinski definition) is 0. The Bertz CT molecular complexity index is 818. The maximum atomic E-state index is 5.69. The van der Waals surface area contributed by atoms with Gasteiger partial charge in [0.15, 0.2) is 0 Å². The molecule has 24 heavy (non-hydrogen) atoms. The van der Waals surface area contributed by atoms with Gasteiger partial charge in [-0.2, -0.15) is 5.10 Å². The summed E-state index contributed by atoms with van der Waals surface area (Å²) in [4.78, 5) is 7.14. The zero-order valence-corrected chi connectivity index (χ0v) is 14.1. The van der Waals surface area contributed by atoms with Crippen LogP contribution in [0.3, 0.4) is 0 Å². The Morgan fingerprint density at radius 1 is 1.25 bits per heavy atom. The first-order chi connectivity index (χ1) is 11.7. The largest absolute Gasteiger partial charge is 0.444 e. The van der Waals surface area contributed by atoms with Crippen LogP contribution in [0.15, 0.2) is 47.3 Å². The Morgan fingerprint density at radius 2 is 2.08 bits per heavy atom. The molecule has 3 heterocycles. The van der Waals surface area contributed by atoms with Gasteiger partial charge in [0.1, 0.15) is 6.26 Å². The quantitative estimate of drug-likeness (QED) is 0.734. The second-order valence-corrected chi connectivity index (χ2v) is 6.59. The third-order valence-electron chi connectivity index (χ3n) is 4.69. The zero-order chi connectivity index (χ0) is 16.5. The van der Waals surface area contributed by atoms with E-state index in [0.717, 1.165) is 24.3 Å². The van der Waals surface area contributed by atoms with Crippen molar-refractivity contribution in [2.45, 2.75) is 32.4 Å². The second-order valence-electron chi connectivity index (χ2n) is 6.59. The van der Waals surface area contributed by atoms with Gasteiger partial charge in [-0.15, -0.1) is 0 Å². The van der Waals surface area contributed by atoms with Crippen molar-refractivity contribution in [3.05, 3.63) is 59.7 Å². The molecule has 0 bridgehead atoms. The molecule has 2 aromatic heterocycles. The standard InChI is InChI=1S/C19H22N4O/c1-14-5-7-15(8-6-14)19-21-17(13-24-19)12-23-9-3-4-18(23)16-10-20-22(2)11-16/h5-8,10-11,13,18H,3-4,9,12H2,1-2H3/t18-/m1/s1. The van der Waals surface area contributed by atoms with E-state index in [9.17, 15) is 0 Å². The minimum atomic E-state index is 0.429. The van der Waals surface area contributed by atoms with Crippen LogP contribution in [0.5, 0.6) is 0 Å². The summed E-state index contributed by atoms with van der Waals surface area (Å²) in [7, 11) is 1.97. The van der Waals surface area contributed by atoms with E-state index in [1.54, 1.807) is 6.26 Å². The predicted octanol–water partition coefficient (Wildman–Crippen LogP) is 3.72. The molecule has 0 amide bonds. The highest BCUT2D eigenvalue weighted by atomic mass is 16.3. The molecule has 0 aliphatic carbocycles. The van der Waals surface area contributed by atoms with Gasteiger partial charge in [-0.3, -0.25) is 9.58 Å². The van der Waals surface area contributed by atoms with Gasteiger partial charge in [-0.1, -0.05) is 17.7 Å². The van der Waals surface area contributed by atoms with Crippen LogP contribution in [0.4, 0.5) is 0 Å². The van der Waals surface area contributed by atoms with Crippen molar-refractivity contribution < 1.29 is 4.42 Å². The molecule has 1 aromatic carbocycles. The fraction of sp³-hybridized carbons (Fsp3) is 0.368. The third-order valence-corrected chi connectivity index (χ3v) is 4.69. The molecule has 0 saturated carbocycles. The number of aryl methyl sites for hydroxylation is 2. The SMILES string of the molecule is Cc1ccc(-c2nc(CN3CCC[C@@H]3c3cnn(C)c3)co2)cc1. The molecule has 1 aliphatic rings. The summed E-state index contributed by atoms with van der Waals surface area (Å²) in [6, 6.07) is 8.70. The van der Waals surface area contributed by atoms with Crippen LogP contribution >= 0.6 is 0 Å². The van der Waals surface area contributed by atoms with E-state index < -0.39 is 0 Å². The van der Waals surface area contributed by atoms with E-state index in [2.05, 4.69) is 52.4 Å². The van der Waals surface area contributed by atoms with Crippen LogP contribution in [0.1, 0.15) is 35.7 Å². The highest BCUT2D eigenvalue weighted by molar-refractivity contribution is 5.53. The van der Waals surface area contributed by atoms with Crippen molar-refractivity contribution in [2.75, 3.05) is 6.54 Å². The van der Waals surface area contributed by atoms with Gasteiger partial charge in [0, 0.05) is 37.0 Å². The second kappa shape index (κ2) is 6.24. The van der Waals surface area contributed by atoms with Gasteiger partial charge in [-0.25, -0.2) is 4.98 Å². The van der Waals surface area contributed by atoms with E-state index in [0.29, 0.717) is 11.9 Å². The van der Waals surface area contributed by atoms with Gasteiger partial charge in [0.25, 0.3) is 0 Å². The average Bonchev–Trinajstić information content (AvgIpc) is 3.30. The Labute approximate surface area is 141 Å². The molecule has 0 radical (unpaired) electrons. The molecular formula is C19H22N4O. The molecule has 0 unspecified atom stereocenters. The minimum absolute atomic E-state index is 0.429. The van der Waals surface area contributed by atoms with E-state index >= 15 is 0 Å². The molecule has 4 rings (SSSR count). The maximum absolute atomic E-state index is 5.69. The summed E-state index contributed by atoms with van der Waals surface area (Å²) in [5.74, 6) is 0.696. The molecule has 5 nitrogen and oxygen atoms in total. The lowest BCUT2D eigenvalue weighted by atomic mass is 10.1. The van der Waals surface area contributed by atoms with Crippen LogP contribution in [-0.2, 0) is 13.6 Å². The number of nitrogens with zero attached hydrogens (tertiary/aromatic N) is 4. The van der Waals surface area contributed by atoms with Gasteiger partial charge in [0.05, 0.1) is 11.9 Å². The molecule has 0 spiro atoms. The molecule has 0 N–H and O–H groups in total. The van der Waals surface area contributed by atoms with Crippen LogP contribution in [-0.4, -0.2) is 26.2 Å². The first kappa shape index (κ1) is 15.1. The molecule has 1 aliphatic heterocycles. The lowest BCUT2D eigenvalue weighted by Gasteiger charge is -2.22. The third kappa shape index (κ3) is 2.99. The molecule has 1 atom stereocenters. The first-order valence-corrected chi connectivity index (χ1v) is 8.43. The van der Waals surface area contributed by atoms with Gasteiger partial charge < -0.3 is 4.42 Å². The number of hydrogen-bond acceptors (Lipinski definition) is 4. The monoisotopic (exact) mass is 322 g/mol. The van der Waals surface area contributed by atoms with Crippen molar-refractivity contribution in [1.29, 1.82) is 0 Å². The fourth-order valence-corrected chi connectivity index (χ4v) is 3.42. The van der Waals surface area contributed by atoms with Crippen LogP contribution < -0.4 is 0 Å². The molecule has 1 saturated heterocycles. The Hall–Kier alpha value is -2.40. The first-order valence-electron chi connectivity index (χ1n) is 8.43. The van der Waals surface area contributed by atoms with E-state index in [-0.39, 0.29) is 0 Å².